The van der Waals surface area contributed by atoms with Gasteiger partial charge in [-0.3, -0.25) is 4.79 Å². The van der Waals surface area contributed by atoms with Crippen LogP contribution in [0.25, 0.3) is 0 Å². The molecule has 1 heterocycles. The smallest absolute Gasteiger partial charge is 0.342 e. The first-order valence-electron chi connectivity index (χ1n) is 11.7. The summed E-state index contributed by atoms with van der Waals surface area (Å²) in [6.45, 7) is 8.41. The Morgan fingerprint density at radius 2 is 1.65 bits per heavy atom. The highest BCUT2D eigenvalue weighted by Gasteiger charge is 2.29. The largest absolute Gasteiger partial charge is 0.466 e. The van der Waals surface area contributed by atoms with Crippen molar-refractivity contribution in [1.29, 1.82) is 0 Å². The number of hydrogen-bond acceptors (Lipinski definition) is 7. The topological polar surface area (TPSA) is 80.3 Å². The van der Waals surface area contributed by atoms with Crippen molar-refractivity contribution in [1.82, 2.24) is 0 Å². The van der Waals surface area contributed by atoms with E-state index in [2.05, 4.69) is 0 Å². The number of allylic oxidation sites excluding steroid dienone is 3. The first-order chi connectivity index (χ1) is 16.4. The number of ether oxygens (including phenoxy) is 5. The lowest BCUT2D eigenvalue weighted by atomic mass is 9.98. The van der Waals surface area contributed by atoms with E-state index in [4.69, 9.17) is 35.3 Å². The summed E-state index contributed by atoms with van der Waals surface area (Å²) in [4.78, 5) is 26.2. The summed E-state index contributed by atoms with van der Waals surface area (Å²) in [5.74, 6) is -0.306. The van der Waals surface area contributed by atoms with Gasteiger partial charge in [0.2, 0.25) is 0 Å². The molecule has 2 rings (SSSR count). The molecule has 1 atom stereocenters. The van der Waals surface area contributed by atoms with Crippen LogP contribution >= 0.6 is 11.6 Å². The number of esters is 1. The van der Waals surface area contributed by atoms with Crippen LogP contribution in [-0.2, 0) is 25.4 Å². The molecule has 0 N–H and O–H groups in total. The van der Waals surface area contributed by atoms with Crippen LogP contribution in [0, 0.1) is 5.92 Å². The monoisotopic (exact) mass is 494 g/mol. The molecule has 1 aliphatic rings. The fourth-order valence-electron chi connectivity index (χ4n) is 3.29. The fraction of sp³-hybridized carbons (Fsp3) is 0.538. The zero-order valence-corrected chi connectivity index (χ0v) is 21.2. The van der Waals surface area contributed by atoms with Crippen LogP contribution in [0.5, 0.6) is 11.5 Å². The molecule has 7 nitrogen and oxygen atoms in total. The number of rotatable bonds is 9. The van der Waals surface area contributed by atoms with Crippen LogP contribution < -0.4 is 9.47 Å². The van der Waals surface area contributed by atoms with Crippen molar-refractivity contribution >= 4 is 23.4 Å². The molecule has 0 fully saturated rings. The van der Waals surface area contributed by atoms with Gasteiger partial charge in [0.25, 0.3) is 0 Å². The van der Waals surface area contributed by atoms with E-state index in [0.29, 0.717) is 19.6 Å². The molecule has 0 saturated carbocycles. The highest BCUT2D eigenvalue weighted by molar-refractivity contribution is 6.33. The van der Waals surface area contributed by atoms with Gasteiger partial charge in [0.15, 0.2) is 19.4 Å². The maximum absolute atomic E-state index is 13.5. The van der Waals surface area contributed by atoms with Gasteiger partial charge in [0, 0.05) is 37.7 Å². The second kappa shape index (κ2) is 14.8. The van der Waals surface area contributed by atoms with Crippen molar-refractivity contribution in [3.8, 4) is 11.5 Å². The van der Waals surface area contributed by atoms with E-state index in [0.717, 1.165) is 12.8 Å². The molecule has 8 heteroatoms. The van der Waals surface area contributed by atoms with E-state index in [9.17, 15) is 9.59 Å². The van der Waals surface area contributed by atoms with Crippen LogP contribution in [0.2, 0.25) is 5.02 Å². The zero-order chi connectivity index (χ0) is 24.9. The Balaban J connectivity index is 2.60. The summed E-state index contributed by atoms with van der Waals surface area (Å²) >= 11 is 6.66. The van der Waals surface area contributed by atoms with E-state index in [-0.39, 0.29) is 65.5 Å². The number of fused-ring (bicyclic) bond motifs is 1. The number of carbonyl (C=O) groups is 2. The summed E-state index contributed by atoms with van der Waals surface area (Å²) < 4.78 is 27.9. The predicted molar refractivity (Wildman–Crippen MR) is 131 cm³/mol. The summed E-state index contributed by atoms with van der Waals surface area (Å²) in [6, 6.07) is 1.51. The number of hydrogen-bond donors (Lipinski definition) is 0. The van der Waals surface area contributed by atoms with Gasteiger partial charge in [0.05, 0.1) is 5.02 Å². The standard InChI is InChI=1S/C26H35ClO7/c1-5-30-16-32-22-15-23(33-17-31-6-2)25(27)20-14-19(28)12-10-8-7-9-11-13-21(18(3)4)34-26(29)24(20)22/h9-12,15,18,21H,5-8,13-14,16-17H2,1-4H3/b11-9+,12-10+/t21-/m0/s1. The van der Waals surface area contributed by atoms with E-state index >= 15 is 0 Å². The average Bonchev–Trinajstić information content (AvgIpc) is 2.79. The number of benzene rings is 1. The van der Waals surface area contributed by atoms with Crippen molar-refractivity contribution in [2.24, 2.45) is 5.92 Å². The Hall–Kier alpha value is -2.35. The number of cyclic esters (lactones) is 1. The molecule has 0 spiro atoms. The minimum Gasteiger partial charge on any atom is -0.466 e. The van der Waals surface area contributed by atoms with Crippen molar-refractivity contribution in [3.63, 3.8) is 0 Å². The first-order valence-corrected chi connectivity index (χ1v) is 12.1. The SMILES string of the molecule is CCOCOc1cc(OCOCC)c2c(c1Cl)CC(=O)/C=C/CC/C=C/C[C@@H](C(C)C)OC2=O. The Labute approximate surface area is 207 Å². The van der Waals surface area contributed by atoms with Gasteiger partial charge in [-0.1, -0.05) is 43.7 Å². The quantitative estimate of drug-likeness (QED) is 0.189. The molecule has 0 unspecified atom stereocenters. The molecule has 0 amide bonds. The minimum atomic E-state index is -0.610. The lowest BCUT2D eigenvalue weighted by Crippen LogP contribution is -2.25. The van der Waals surface area contributed by atoms with E-state index in [1.165, 1.54) is 12.1 Å². The number of ketones is 1. The van der Waals surface area contributed by atoms with Gasteiger partial charge in [-0.2, -0.15) is 0 Å². The van der Waals surface area contributed by atoms with Crippen LogP contribution in [0.3, 0.4) is 0 Å². The third-order valence-corrected chi connectivity index (χ3v) is 5.61. The molecule has 0 radical (unpaired) electrons. The Kier molecular flexibility index (Phi) is 12.2. The predicted octanol–water partition coefficient (Wildman–Crippen LogP) is 5.67. The Morgan fingerprint density at radius 3 is 2.29 bits per heavy atom. The molecular weight excluding hydrogens is 460 g/mol. The van der Waals surface area contributed by atoms with Crippen molar-refractivity contribution in [2.75, 3.05) is 26.8 Å². The van der Waals surface area contributed by atoms with Gasteiger partial charge < -0.3 is 23.7 Å². The molecule has 0 saturated heterocycles. The second-order valence-electron chi connectivity index (χ2n) is 8.07. The molecule has 1 aromatic rings. The second-order valence-corrected chi connectivity index (χ2v) is 8.45. The van der Waals surface area contributed by atoms with Crippen molar-refractivity contribution in [2.45, 2.75) is 59.5 Å². The number of carbonyl (C=O) groups excluding carboxylic acids is 2. The summed E-state index contributed by atoms with van der Waals surface area (Å²) in [5, 5.41) is 0.144. The Bertz CT molecular complexity index is 876. The summed E-state index contributed by atoms with van der Waals surface area (Å²) in [6.07, 6.45) is 9.02. The van der Waals surface area contributed by atoms with Gasteiger partial charge in [-0.25, -0.2) is 4.79 Å². The molecule has 1 aliphatic heterocycles. The van der Waals surface area contributed by atoms with Crippen LogP contribution in [0.4, 0.5) is 0 Å². The molecule has 1 aromatic carbocycles. The van der Waals surface area contributed by atoms with Crippen molar-refractivity contribution in [3.05, 3.63) is 46.5 Å². The van der Waals surface area contributed by atoms with Crippen LogP contribution in [0.1, 0.15) is 62.9 Å². The summed E-state index contributed by atoms with van der Waals surface area (Å²) in [5.41, 5.74) is 0.388. The summed E-state index contributed by atoms with van der Waals surface area (Å²) in [7, 11) is 0. The number of halogens is 1. The molecule has 34 heavy (non-hydrogen) atoms. The van der Waals surface area contributed by atoms with Gasteiger partial charge in [-0.05, 0) is 38.7 Å². The average molecular weight is 495 g/mol. The molecule has 188 valence electrons. The van der Waals surface area contributed by atoms with E-state index in [1.807, 2.05) is 45.9 Å². The van der Waals surface area contributed by atoms with E-state index < -0.39 is 5.97 Å². The van der Waals surface area contributed by atoms with Crippen LogP contribution in [-0.4, -0.2) is 44.7 Å². The molecule has 0 bridgehead atoms. The maximum atomic E-state index is 13.5. The van der Waals surface area contributed by atoms with Crippen molar-refractivity contribution < 1.29 is 33.3 Å². The van der Waals surface area contributed by atoms with Gasteiger partial charge in [0.1, 0.15) is 23.2 Å². The third-order valence-electron chi connectivity index (χ3n) is 5.19. The first kappa shape index (κ1) is 27.9. The lowest BCUT2D eigenvalue weighted by Gasteiger charge is -2.23. The fourth-order valence-corrected chi connectivity index (χ4v) is 3.56. The highest BCUT2D eigenvalue weighted by atomic mass is 35.5. The molecular formula is C26H35ClO7. The Morgan fingerprint density at radius 1 is 1.00 bits per heavy atom. The minimum absolute atomic E-state index is 0.0417. The molecule has 0 aromatic heterocycles. The van der Waals surface area contributed by atoms with Crippen LogP contribution in [0.15, 0.2) is 30.4 Å². The zero-order valence-electron chi connectivity index (χ0n) is 20.4. The normalized spacial score (nSPS) is 19.2. The highest BCUT2D eigenvalue weighted by Crippen LogP contribution is 2.39. The van der Waals surface area contributed by atoms with Gasteiger partial charge >= 0.3 is 5.97 Å². The van der Waals surface area contributed by atoms with Gasteiger partial charge in [-0.15, -0.1) is 0 Å². The molecule has 0 aliphatic carbocycles. The third kappa shape index (κ3) is 8.46. The lowest BCUT2D eigenvalue weighted by molar-refractivity contribution is -0.114. The maximum Gasteiger partial charge on any atom is 0.342 e. The van der Waals surface area contributed by atoms with E-state index in [1.54, 1.807) is 0 Å².